The zero-order valence-corrected chi connectivity index (χ0v) is 12.5. The van der Waals surface area contributed by atoms with Crippen LogP contribution in [0.3, 0.4) is 0 Å². The molecule has 2 aromatic heterocycles. The number of nitrogens with zero attached hydrogens (tertiary/aromatic N) is 2. The number of aromatic nitrogens is 2. The van der Waals surface area contributed by atoms with Gasteiger partial charge in [-0.2, -0.15) is 0 Å². The third-order valence-corrected chi connectivity index (χ3v) is 4.87. The molecule has 0 radical (unpaired) electrons. The predicted octanol–water partition coefficient (Wildman–Crippen LogP) is 3.91. The molecule has 0 amide bonds. The van der Waals surface area contributed by atoms with E-state index in [1.54, 1.807) is 11.3 Å². The number of aryl methyl sites for hydroxylation is 1. The van der Waals surface area contributed by atoms with Crippen LogP contribution < -0.4 is 5.73 Å². The Balaban J connectivity index is 2.00. The SMILES string of the molecule is Cn1c(-c2csc3ccccc23)nc2cc(CN)ccc21. The van der Waals surface area contributed by atoms with Crippen LogP contribution in [0.5, 0.6) is 0 Å². The lowest BCUT2D eigenvalue weighted by Gasteiger charge is -2.01. The zero-order valence-electron chi connectivity index (χ0n) is 11.7. The summed E-state index contributed by atoms with van der Waals surface area (Å²) in [5.74, 6) is 1.01. The molecule has 0 saturated carbocycles. The van der Waals surface area contributed by atoms with Crippen molar-refractivity contribution in [2.24, 2.45) is 12.8 Å². The summed E-state index contributed by atoms with van der Waals surface area (Å²) < 4.78 is 3.45. The molecule has 2 heterocycles. The van der Waals surface area contributed by atoms with Gasteiger partial charge in [0.1, 0.15) is 5.82 Å². The molecule has 0 aliphatic carbocycles. The van der Waals surface area contributed by atoms with E-state index in [1.807, 2.05) is 0 Å². The minimum absolute atomic E-state index is 0.545. The van der Waals surface area contributed by atoms with Gasteiger partial charge in [0.15, 0.2) is 0 Å². The fourth-order valence-corrected chi connectivity index (χ4v) is 3.70. The van der Waals surface area contributed by atoms with E-state index < -0.39 is 0 Å². The van der Waals surface area contributed by atoms with Crippen LogP contribution >= 0.6 is 11.3 Å². The highest BCUT2D eigenvalue weighted by atomic mass is 32.1. The van der Waals surface area contributed by atoms with Crippen molar-refractivity contribution in [2.75, 3.05) is 0 Å². The van der Waals surface area contributed by atoms with Gasteiger partial charge in [0, 0.05) is 34.6 Å². The average Bonchev–Trinajstić information content (AvgIpc) is 3.08. The van der Waals surface area contributed by atoms with Gasteiger partial charge in [-0.05, 0) is 23.8 Å². The van der Waals surface area contributed by atoms with Gasteiger partial charge >= 0.3 is 0 Å². The molecule has 2 N–H and O–H groups in total. The highest BCUT2D eigenvalue weighted by Crippen LogP contribution is 2.34. The van der Waals surface area contributed by atoms with Gasteiger partial charge < -0.3 is 10.3 Å². The standard InChI is InChI=1S/C17H15N3S/c1-20-15-7-6-11(9-18)8-14(15)19-17(20)13-10-21-16-5-3-2-4-12(13)16/h2-8,10H,9,18H2,1H3. The van der Waals surface area contributed by atoms with Crippen LogP contribution in [0.15, 0.2) is 47.8 Å². The molecule has 4 aromatic rings. The van der Waals surface area contributed by atoms with Crippen molar-refractivity contribution in [1.82, 2.24) is 9.55 Å². The molecule has 2 aromatic carbocycles. The Kier molecular flexibility index (Phi) is 2.80. The van der Waals surface area contributed by atoms with Gasteiger partial charge in [-0.3, -0.25) is 0 Å². The number of benzene rings is 2. The topological polar surface area (TPSA) is 43.8 Å². The summed E-state index contributed by atoms with van der Waals surface area (Å²) in [6.45, 7) is 0.545. The van der Waals surface area contributed by atoms with Gasteiger partial charge in [0.2, 0.25) is 0 Å². The lowest BCUT2D eigenvalue weighted by molar-refractivity contribution is 0.961. The summed E-state index contributed by atoms with van der Waals surface area (Å²) >= 11 is 1.76. The van der Waals surface area contributed by atoms with E-state index in [4.69, 9.17) is 10.7 Å². The van der Waals surface area contributed by atoms with Crippen molar-refractivity contribution in [3.05, 3.63) is 53.4 Å². The summed E-state index contributed by atoms with van der Waals surface area (Å²) in [4.78, 5) is 4.83. The van der Waals surface area contributed by atoms with Gasteiger partial charge in [0.05, 0.1) is 11.0 Å². The molecule has 104 valence electrons. The molecular formula is C17H15N3S. The Morgan fingerprint density at radius 3 is 2.90 bits per heavy atom. The van der Waals surface area contributed by atoms with Crippen LogP contribution in [0.1, 0.15) is 5.56 Å². The predicted molar refractivity (Wildman–Crippen MR) is 89.4 cm³/mol. The lowest BCUT2D eigenvalue weighted by atomic mass is 10.2. The van der Waals surface area contributed by atoms with Gasteiger partial charge in [0.25, 0.3) is 0 Å². The second-order valence-corrected chi connectivity index (χ2v) is 6.08. The van der Waals surface area contributed by atoms with Crippen molar-refractivity contribution >= 4 is 32.5 Å². The molecule has 0 fully saturated rings. The van der Waals surface area contributed by atoms with Gasteiger partial charge in [-0.15, -0.1) is 11.3 Å². The number of fused-ring (bicyclic) bond motifs is 2. The highest BCUT2D eigenvalue weighted by molar-refractivity contribution is 7.17. The molecule has 0 spiro atoms. The van der Waals surface area contributed by atoms with Gasteiger partial charge in [-0.1, -0.05) is 24.3 Å². The molecule has 0 unspecified atom stereocenters. The van der Waals surface area contributed by atoms with Crippen LogP contribution in [0, 0.1) is 0 Å². The molecule has 21 heavy (non-hydrogen) atoms. The maximum absolute atomic E-state index is 5.72. The summed E-state index contributed by atoms with van der Waals surface area (Å²) in [6.07, 6.45) is 0. The first-order valence-electron chi connectivity index (χ1n) is 6.90. The van der Waals surface area contributed by atoms with Gasteiger partial charge in [-0.25, -0.2) is 4.98 Å². The Bertz CT molecular complexity index is 949. The van der Waals surface area contributed by atoms with Crippen molar-refractivity contribution in [3.63, 3.8) is 0 Å². The number of hydrogen-bond acceptors (Lipinski definition) is 3. The Hall–Kier alpha value is -2.17. The van der Waals surface area contributed by atoms with E-state index in [-0.39, 0.29) is 0 Å². The fourth-order valence-electron chi connectivity index (χ4n) is 2.76. The van der Waals surface area contributed by atoms with Crippen LogP contribution in [0.25, 0.3) is 32.5 Å². The zero-order chi connectivity index (χ0) is 14.4. The molecule has 0 atom stereocenters. The number of hydrogen-bond donors (Lipinski definition) is 1. The van der Waals surface area contributed by atoms with E-state index in [0.29, 0.717) is 6.54 Å². The second-order valence-electron chi connectivity index (χ2n) is 5.17. The van der Waals surface area contributed by atoms with Crippen LogP contribution in [0.4, 0.5) is 0 Å². The smallest absolute Gasteiger partial charge is 0.142 e. The van der Waals surface area contributed by atoms with E-state index in [1.165, 1.54) is 15.6 Å². The Morgan fingerprint density at radius 1 is 1.19 bits per heavy atom. The third kappa shape index (κ3) is 1.87. The minimum atomic E-state index is 0.545. The van der Waals surface area contributed by atoms with E-state index in [0.717, 1.165) is 22.4 Å². The van der Waals surface area contributed by atoms with Crippen molar-refractivity contribution in [3.8, 4) is 11.4 Å². The third-order valence-electron chi connectivity index (χ3n) is 3.90. The summed E-state index contributed by atoms with van der Waals surface area (Å²) in [6, 6.07) is 14.7. The number of thiophene rings is 1. The highest BCUT2D eigenvalue weighted by Gasteiger charge is 2.13. The first kappa shape index (κ1) is 12.6. The van der Waals surface area contributed by atoms with Crippen molar-refractivity contribution in [2.45, 2.75) is 6.54 Å². The summed E-state index contributed by atoms with van der Waals surface area (Å²) in [5, 5.41) is 3.45. The molecule has 0 saturated heterocycles. The Morgan fingerprint density at radius 2 is 2.05 bits per heavy atom. The van der Waals surface area contributed by atoms with Crippen LogP contribution in [-0.2, 0) is 13.6 Å². The maximum atomic E-state index is 5.72. The first-order chi connectivity index (χ1) is 10.3. The largest absolute Gasteiger partial charge is 0.327 e. The molecule has 4 rings (SSSR count). The normalized spacial score (nSPS) is 11.5. The molecule has 0 aliphatic heterocycles. The quantitative estimate of drug-likeness (QED) is 0.609. The number of nitrogens with two attached hydrogens (primary N) is 1. The van der Waals surface area contributed by atoms with Crippen LogP contribution in [-0.4, -0.2) is 9.55 Å². The van der Waals surface area contributed by atoms with Crippen LogP contribution in [0.2, 0.25) is 0 Å². The molecular weight excluding hydrogens is 278 g/mol. The number of imidazole rings is 1. The first-order valence-corrected chi connectivity index (χ1v) is 7.78. The molecule has 0 bridgehead atoms. The Labute approximate surface area is 126 Å². The molecule has 3 nitrogen and oxygen atoms in total. The number of rotatable bonds is 2. The average molecular weight is 293 g/mol. The van der Waals surface area contributed by atoms with Crippen molar-refractivity contribution in [1.29, 1.82) is 0 Å². The monoisotopic (exact) mass is 293 g/mol. The summed E-state index contributed by atoms with van der Waals surface area (Å²) in [7, 11) is 2.07. The van der Waals surface area contributed by atoms with Crippen molar-refractivity contribution < 1.29 is 0 Å². The lowest BCUT2D eigenvalue weighted by Crippen LogP contribution is -1.95. The molecule has 4 heteroatoms. The fraction of sp³-hybridized carbons (Fsp3) is 0.118. The summed E-state index contributed by atoms with van der Waals surface area (Å²) in [5.41, 5.74) is 10.2. The second kappa shape index (κ2) is 4.69. The van der Waals surface area contributed by atoms with E-state index >= 15 is 0 Å². The van der Waals surface area contributed by atoms with E-state index in [2.05, 4.69) is 59.5 Å². The van der Waals surface area contributed by atoms with E-state index in [9.17, 15) is 0 Å². The maximum Gasteiger partial charge on any atom is 0.142 e. The minimum Gasteiger partial charge on any atom is -0.327 e. The molecule has 0 aliphatic rings.